The van der Waals surface area contributed by atoms with Crippen LogP contribution in [-0.2, 0) is 30.3 Å². The van der Waals surface area contributed by atoms with Crippen molar-refractivity contribution < 1.29 is 33.3 Å². The summed E-state index contributed by atoms with van der Waals surface area (Å²) < 4.78 is 37.7. The van der Waals surface area contributed by atoms with E-state index in [4.69, 9.17) is 28.4 Å². The Morgan fingerprint density at radius 2 is 1.61 bits per heavy atom. The molecule has 4 heterocycles. The average Bonchev–Trinajstić information content (AvgIpc) is 2.92. The Balaban J connectivity index is 1.26. The average molecular weight is 491 g/mol. The standard InChI is InChI=1S/C27H25NO8/c29-28(30)20-11-13-21(14-12-20)34-26-23-22(31-15-18-7-3-1-4-8-18)24-27(36-26,16-32-23)17-33-25(35-24)19-9-5-2-6-10-19/h1-14,22-26H,15-17H2/t22-,23-,24+,25?,26-,27-/m1/s1. The van der Waals surface area contributed by atoms with Crippen LogP contribution >= 0.6 is 0 Å². The molecule has 6 atom stereocenters. The van der Waals surface area contributed by atoms with E-state index in [9.17, 15) is 10.1 Å². The zero-order valence-corrected chi connectivity index (χ0v) is 19.3. The number of nitro benzene ring substituents is 1. The molecule has 2 bridgehead atoms. The highest BCUT2D eigenvalue weighted by atomic mass is 16.8. The van der Waals surface area contributed by atoms with Crippen LogP contribution in [-0.4, -0.2) is 48.3 Å². The number of non-ortho nitro benzene ring substituents is 1. The van der Waals surface area contributed by atoms with E-state index in [0.717, 1.165) is 11.1 Å². The zero-order valence-electron chi connectivity index (χ0n) is 19.3. The minimum Gasteiger partial charge on any atom is -0.462 e. The molecule has 0 aliphatic carbocycles. The Hall–Kier alpha value is -3.34. The molecule has 0 aromatic heterocycles. The lowest BCUT2D eigenvalue weighted by Gasteiger charge is -2.59. The summed E-state index contributed by atoms with van der Waals surface area (Å²) in [5, 5.41) is 11.0. The van der Waals surface area contributed by atoms with Crippen molar-refractivity contribution in [1.82, 2.24) is 0 Å². The van der Waals surface area contributed by atoms with Crippen molar-refractivity contribution in [2.75, 3.05) is 13.2 Å². The first-order chi connectivity index (χ1) is 17.6. The second kappa shape index (κ2) is 9.61. The normalized spacial score (nSPS) is 30.9. The lowest BCUT2D eigenvalue weighted by molar-refractivity contribution is -0.436. The predicted molar refractivity (Wildman–Crippen MR) is 126 cm³/mol. The van der Waals surface area contributed by atoms with Gasteiger partial charge in [-0.25, -0.2) is 0 Å². The fourth-order valence-electron chi connectivity index (χ4n) is 4.87. The summed E-state index contributed by atoms with van der Waals surface area (Å²) in [6.45, 7) is 0.868. The fourth-order valence-corrected chi connectivity index (χ4v) is 4.87. The number of nitro groups is 1. The summed E-state index contributed by atoms with van der Waals surface area (Å²) in [4.78, 5) is 10.5. The van der Waals surface area contributed by atoms with Crippen molar-refractivity contribution in [2.45, 2.75) is 43.1 Å². The molecule has 0 radical (unpaired) electrons. The summed E-state index contributed by atoms with van der Waals surface area (Å²) in [5.74, 6) is 0.427. The van der Waals surface area contributed by atoms with Crippen molar-refractivity contribution in [3.8, 4) is 5.75 Å². The maximum atomic E-state index is 11.0. The molecule has 4 aliphatic heterocycles. The van der Waals surface area contributed by atoms with Gasteiger partial charge in [-0.15, -0.1) is 0 Å². The molecule has 9 heteroatoms. The largest absolute Gasteiger partial charge is 0.462 e. The Morgan fingerprint density at radius 3 is 2.33 bits per heavy atom. The first kappa shape index (κ1) is 23.1. The summed E-state index contributed by atoms with van der Waals surface area (Å²) in [6.07, 6.45) is -2.88. The van der Waals surface area contributed by atoms with Gasteiger partial charge in [0.15, 0.2) is 6.29 Å². The van der Waals surface area contributed by atoms with E-state index in [-0.39, 0.29) is 18.9 Å². The quantitative estimate of drug-likeness (QED) is 0.359. The second-order valence-corrected chi connectivity index (χ2v) is 9.07. The Kier molecular flexibility index (Phi) is 6.16. The topological polar surface area (TPSA) is 98.5 Å². The van der Waals surface area contributed by atoms with E-state index in [0.29, 0.717) is 12.4 Å². The van der Waals surface area contributed by atoms with Crippen LogP contribution in [0.3, 0.4) is 0 Å². The first-order valence-corrected chi connectivity index (χ1v) is 11.8. The third-order valence-electron chi connectivity index (χ3n) is 6.69. The van der Waals surface area contributed by atoms with Crippen molar-refractivity contribution in [3.63, 3.8) is 0 Å². The molecule has 186 valence electrons. The first-order valence-electron chi connectivity index (χ1n) is 11.8. The van der Waals surface area contributed by atoms with Gasteiger partial charge in [0.05, 0.1) is 24.7 Å². The van der Waals surface area contributed by atoms with Crippen molar-refractivity contribution in [2.24, 2.45) is 0 Å². The van der Waals surface area contributed by atoms with E-state index in [1.165, 1.54) is 24.3 Å². The summed E-state index contributed by atoms with van der Waals surface area (Å²) in [7, 11) is 0. The minimum atomic E-state index is -0.924. The number of hydrogen-bond donors (Lipinski definition) is 0. The molecule has 4 saturated heterocycles. The van der Waals surface area contributed by atoms with E-state index < -0.39 is 41.4 Å². The van der Waals surface area contributed by atoms with Crippen molar-refractivity contribution in [3.05, 3.63) is 106 Å². The van der Waals surface area contributed by atoms with Crippen LogP contribution in [0.1, 0.15) is 17.4 Å². The summed E-state index contributed by atoms with van der Waals surface area (Å²) >= 11 is 0. The van der Waals surface area contributed by atoms with E-state index in [1.807, 2.05) is 60.7 Å². The number of fused-ring (bicyclic) bond motifs is 2. The zero-order chi connectivity index (χ0) is 24.5. The van der Waals surface area contributed by atoms with Gasteiger partial charge in [-0.2, -0.15) is 0 Å². The molecule has 0 amide bonds. The highest BCUT2D eigenvalue weighted by molar-refractivity contribution is 5.36. The Bertz CT molecular complexity index is 1190. The van der Waals surface area contributed by atoms with Gasteiger partial charge in [0.1, 0.15) is 29.7 Å². The minimum absolute atomic E-state index is 0.0200. The molecule has 1 spiro atoms. The molecule has 3 aromatic carbocycles. The molecule has 0 saturated carbocycles. The second-order valence-electron chi connectivity index (χ2n) is 9.07. The van der Waals surface area contributed by atoms with E-state index in [1.54, 1.807) is 0 Å². The number of nitrogens with zero attached hydrogens (tertiary/aromatic N) is 1. The van der Waals surface area contributed by atoms with E-state index in [2.05, 4.69) is 0 Å². The predicted octanol–water partition coefficient (Wildman–Crippen LogP) is 4.17. The Labute approximate surface area is 207 Å². The van der Waals surface area contributed by atoms with Crippen molar-refractivity contribution in [1.29, 1.82) is 0 Å². The van der Waals surface area contributed by atoms with Crippen LogP contribution in [0, 0.1) is 10.1 Å². The van der Waals surface area contributed by atoms with Gasteiger partial charge in [0.2, 0.25) is 6.29 Å². The van der Waals surface area contributed by atoms with Gasteiger partial charge in [-0.3, -0.25) is 10.1 Å². The summed E-state index contributed by atoms with van der Waals surface area (Å²) in [6, 6.07) is 25.5. The van der Waals surface area contributed by atoms with E-state index >= 15 is 0 Å². The lowest BCUT2D eigenvalue weighted by atomic mass is 9.83. The number of hydrogen-bond acceptors (Lipinski definition) is 8. The molecule has 7 rings (SSSR count). The molecule has 36 heavy (non-hydrogen) atoms. The fraction of sp³-hybridized carbons (Fsp3) is 0.333. The van der Waals surface area contributed by atoms with Crippen LogP contribution in [0.25, 0.3) is 0 Å². The van der Waals surface area contributed by atoms with Crippen LogP contribution in [0.2, 0.25) is 0 Å². The molecule has 3 aromatic rings. The van der Waals surface area contributed by atoms with Crippen LogP contribution in [0.5, 0.6) is 5.75 Å². The van der Waals surface area contributed by atoms with Gasteiger partial charge in [0.25, 0.3) is 5.69 Å². The van der Waals surface area contributed by atoms with Crippen molar-refractivity contribution >= 4 is 5.69 Å². The van der Waals surface area contributed by atoms with Gasteiger partial charge < -0.3 is 28.4 Å². The molecule has 9 nitrogen and oxygen atoms in total. The molecular weight excluding hydrogens is 466 g/mol. The van der Waals surface area contributed by atoms with Gasteiger partial charge >= 0.3 is 0 Å². The molecule has 1 unspecified atom stereocenters. The number of rotatable bonds is 7. The number of benzene rings is 3. The SMILES string of the molecule is O=[N+]([O-])c1ccc(O[C@@H]2O[C@]34COC(c5ccccc5)O[C@H]3[C@H](OCc3ccccc3)[C@H]2OC4)cc1. The van der Waals surface area contributed by atoms with Gasteiger partial charge in [0, 0.05) is 17.7 Å². The maximum Gasteiger partial charge on any atom is 0.269 e. The smallest absolute Gasteiger partial charge is 0.269 e. The van der Waals surface area contributed by atoms with Gasteiger partial charge in [-0.05, 0) is 17.7 Å². The van der Waals surface area contributed by atoms with Gasteiger partial charge in [-0.1, -0.05) is 60.7 Å². The van der Waals surface area contributed by atoms with Crippen LogP contribution in [0.4, 0.5) is 5.69 Å². The highest BCUT2D eigenvalue weighted by Gasteiger charge is 2.64. The summed E-state index contributed by atoms with van der Waals surface area (Å²) in [5.41, 5.74) is 0.990. The Morgan fingerprint density at radius 1 is 0.917 bits per heavy atom. The molecule has 0 N–H and O–H groups in total. The third kappa shape index (κ3) is 4.36. The maximum absolute atomic E-state index is 11.0. The monoisotopic (exact) mass is 491 g/mol. The molecule has 4 aliphatic rings. The number of ether oxygens (including phenoxy) is 6. The highest BCUT2D eigenvalue weighted by Crippen LogP contribution is 2.46. The van der Waals surface area contributed by atoms with Crippen LogP contribution < -0.4 is 4.74 Å². The third-order valence-corrected chi connectivity index (χ3v) is 6.69. The molecular formula is C27H25NO8. The lowest BCUT2D eigenvalue weighted by Crippen LogP contribution is -2.76. The van der Waals surface area contributed by atoms with Crippen LogP contribution in [0.15, 0.2) is 84.9 Å². The molecule has 4 fully saturated rings.